The summed E-state index contributed by atoms with van der Waals surface area (Å²) in [5, 5.41) is 2.97. The highest BCUT2D eigenvalue weighted by Gasteiger charge is 2.33. The topological polar surface area (TPSA) is 84.9 Å². The van der Waals surface area contributed by atoms with Gasteiger partial charge in [-0.15, -0.1) is 0 Å². The van der Waals surface area contributed by atoms with Crippen LogP contribution in [0, 0.1) is 13.8 Å². The third-order valence-electron chi connectivity index (χ3n) is 5.36. The number of hydrogen-bond donors (Lipinski definition) is 1. The molecule has 1 N–H and O–H groups in total. The van der Waals surface area contributed by atoms with E-state index in [2.05, 4.69) is 5.32 Å². The Labute approximate surface area is 184 Å². The van der Waals surface area contributed by atoms with Crippen LogP contribution in [0.25, 0.3) is 0 Å². The van der Waals surface area contributed by atoms with Crippen LogP contribution in [0.4, 0.5) is 5.69 Å². The molecule has 1 aliphatic rings. The standard InChI is InChI=1S/C23H30N2O5S/c1-6-19(25(31(5,27)28)20-13-15(2)7-8-16(20)3)23(26)24-17(4)18-9-10-21-22(14-18)30-12-11-29-21/h7-10,13-14,17,19H,6,11-12H2,1-5H3,(H,24,26)/t17-,19+/m0/s1. The number of nitrogens with zero attached hydrogens (tertiary/aromatic N) is 1. The Morgan fingerprint density at radius 1 is 1.10 bits per heavy atom. The van der Waals surface area contributed by atoms with Crippen LogP contribution >= 0.6 is 0 Å². The van der Waals surface area contributed by atoms with Crippen LogP contribution in [-0.4, -0.2) is 39.8 Å². The van der Waals surface area contributed by atoms with Crippen molar-refractivity contribution in [3.8, 4) is 11.5 Å². The third-order valence-corrected chi connectivity index (χ3v) is 6.52. The first-order valence-corrected chi connectivity index (χ1v) is 12.2. The predicted molar refractivity (Wildman–Crippen MR) is 121 cm³/mol. The first kappa shape index (κ1) is 22.9. The molecule has 2 atom stereocenters. The lowest BCUT2D eigenvalue weighted by atomic mass is 10.1. The number of amides is 1. The maximum atomic E-state index is 13.2. The van der Waals surface area contributed by atoms with Crippen molar-refractivity contribution in [2.24, 2.45) is 0 Å². The summed E-state index contributed by atoms with van der Waals surface area (Å²) < 4.78 is 37.9. The van der Waals surface area contributed by atoms with Gasteiger partial charge in [-0.25, -0.2) is 8.42 Å². The molecular weight excluding hydrogens is 416 g/mol. The minimum absolute atomic E-state index is 0.333. The predicted octanol–water partition coefficient (Wildman–Crippen LogP) is 3.50. The van der Waals surface area contributed by atoms with Gasteiger partial charge in [0.15, 0.2) is 11.5 Å². The van der Waals surface area contributed by atoms with Crippen LogP contribution in [-0.2, 0) is 14.8 Å². The lowest BCUT2D eigenvalue weighted by Crippen LogP contribution is -2.50. The van der Waals surface area contributed by atoms with Gasteiger partial charge in [0, 0.05) is 0 Å². The monoisotopic (exact) mass is 446 g/mol. The van der Waals surface area contributed by atoms with E-state index in [1.54, 1.807) is 6.07 Å². The molecule has 0 saturated carbocycles. The molecule has 0 radical (unpaired) electrons. The highest BCUT2D eigenvalue weighted by atomic mass is 32.2. The van der Waals surface area contributed by atoms with E-state index in [0.717, 1.165) is 22.9 Å². The van der Waals surface area contributed by atoms with Crippen LogP contribution in [0.15, 0.2) is 36.4 Å². The number of carbonyl (C=O) groups excluding carboxylic acids is 1. The van der Waals surface area contributed by atoms with Crippen molar-refractivity contribution in [1.82, 2.24) is 5.32 Å². The summed E-state index contributed by atoms with van der Waals surface area (Å²) in [4.78, 5) is 13.2. The molecule has 8 heteroatoms. The van der Waals surface area contributed by atoms with E-state index in [1.807, 2.05) is 58.0 Å². The number of benzene rings is 2. The zero-order valence-electron chi connectivity index (χ0n) is 18.6. The van der Waals surface area contributed by atoms with E-state index in [4.69, 9.17) is 9.47 Å². The molecule has 3 rings (SSSR count). The average Bonchev–Trinajstić information content (AvgIpc) is 2.72. The zero-order chi connectivity index (χ0) is 22.8. The van der Waals surface area contributed by atoms with Gasteiger partial charge in [-0.2, -0.15) is 0 Å². The Bertz CT molecular complexity index is 1070. The molecule has 0 aromatic heterocycles. The molecule has 0 unspecified atom stereocenters. The van der Waals surface area contributed by atoms with Gasteiger partial charge in [-0.05, 0) is 62.1 Å². The first-order valence-electron chi connectivity index (χ1n) is 10.4. The maximum absolute atomic E-state index is 13.2. The number of carbonyl (C=O) groups is 1. The second-order valence-corrected chi connectivity index (χ2v) is 9.77. The molecule has 31 heavy (non-hydrogen) atoms. The van der Waals surface area contributed by atoms with Gasteiger partial charge >= 0.3 is 0 Å². The van der Waals surface area contributed by atoms with Gasteiger partial charge < -0.3 is 14.8 Å². The molecule has 2 aromatic carbocycles. The molecule has 2 aromatic rings. The van der Waals surface area contributed by atoms with E-state index < -0.39 is 16.1 Å². The van der Waals surface area contributed by atoms with Gasteiger partial charge in [0.1, 0.15) is 19.3 Å². The molecule has 7 nitrogen and oxygen atoms in total. The van der Waals surface area contributed by atoms with E-state index in [-0.39, 0.29) is 11.9 Å². The van der Waals surface area contributed by atoms with Crippen molar-refractivity contribution in [3.63, 3.8) is 0 Å². The molecule has 1 aliphatic heterocycles. The van der Waals surface area contributed by atoms with Crippen molar-refractivity contribution < 1.29 is 22.7 Å². The highest BCUT2D eigenvalue weighted by molar-refractivity contribution is 7.92. The van der Waals surface area contributed by atoms with E-state index in [1.165, 1.54) is 4.31 Å². The summed E-state index contributed by atoms with van der Waals surface area (Å²) in [5.41, 5.74) is 3.10. The summed E-state index contributed by atoms with van der Waals surface area (Å²) in [6, 6.07) is 9.93. The number of rotatable bonds is 7. The lowest BCUT2D eigenvalue weighted by Gasteiger charge is -2.32. The van der Waals surface area contributed by atoms with Crippen molar-refractivity contribution in [1.29, 1.82) is 0 Å². The molecule has 1 heterocycles. The Morgan fingerprint density at radius 2 is 1.77 bits per heavy atom. The van der Waals surface area contributed by atoms with Gasteiger partial charge in [-0.3, -0.25) is 9.10 Å². The molecular formula is C23H30N2O5S. The van der Waals surface area contributed by atoms with Crippen LogP contribution in [0.1, 0.15) is 43.0 Å². The van der Waals surface area contributed by atoms with Crippen molar-refractivity contribution in [2.75, 3.05) is 23.8 Å². The van der Waals surface area contributed by atoms with E-state index in [9.17, 15) is 13.2 Å². The van der Waals surface area contributed by atoms with Gasteiger partial charge in [0.05, 0.1) is 18.0 Å². The lowest BCUT2D eigenvalue weighted by molar-refractivity contribution is -0.122. The summed E-state index contributed by atoms with van der Waals surface area (Å²) in [6.07, 6.45) is 1.47. The Balaban J connectivity index is 1.87. The molecule has 1 amide bonds. The summed E-state index contributed by atoms with van der Waals surface area (Å²) in [7, 11) is -3.69. The quantitative estimate of drug-likeness (QED) is 0.704. The number of aryl methyl sites for hydroxylation is 2. The molecule has 0 spiro atoms. The fourth-order valence-corrected chi connectivity index (χ4v) is 4.98. The minimum Gasteiger partial charge on any atom is -0.486 e. The summed E-state index contributed by atoms with van der Waals surface area (Å²) >= 11 is 0. The van der Waals surface area contributed by atoms with E-state index in [0.29, 0.717) is 36.8 Å². The fourth-order valence-electron chi connectivity index (χ4n) is 3.71. The minimum atomic E-state index is -3.69. The number of nitrogens with one attached hydrogen (secondary N) is 1. The molecule has 0 aliphatic carbocycles. The third kappa shape index (κ3) is 5.12. The number of fused-ring (bicyclic) bond motifs is 1. The Kier molecular flexibility index (Phi) is 6.79. The second-order valence-electron chi connectivity index (χ2n) is 7.91. The summed E-state index contributed by atoms with van der Waals surface area (Å²) in [6.45, 7) is 8.40. The number of ether oxygens (including phenoxy) is 2. The van der Waals surface area contributed by atoms with Gasteiger partial charge in [0.2, 0.25) is 15.9 Å². The molecule has 0 bridgehead atoms. The van der Waals surface area contributed by atoms with Crippen molar-refractivity contribution >= 4 is 21.6 Å². The van der Waals surface area contributed by atoms with Crippen LogP contribution in [0.2, 0.25) is 0 Å². The van der Waals surface area contributed by atoms with Crippen LogP contribution in [0.5, 0.6) is 11.5 Å². The first-order chi connectivity index (χ1) is 14.6. The SMILES string of the molecule is CC[C@H](C(=O)N[C@@H](C)c1ccc2c(c1)OCCO2)N(c1cc(C)ccc1C)S(C)(=O)=O. The van der Waals surface area contributed by atoms with Gasteiger partial charge in [-0.1, -0.05) is 25.1 Å². The normalized spacial score (nSPS) is 15.1. The smallest absolute Gasteiger partial charge is 0.244 e. The number of anilines is 1. The largest absolute Gasteiger partial charge is 0.486 e. The second kappa shape index (κ2) is 9.18. The average molecular weight is 447 g/mol. The fraction of sp³-hybridized carbons (Fsp3) is 0.435. The van der Waals surface area contributed by atoms with E-state index >= 15 is 0 Å². The molecule has 0 fully saturated rings. The molecule has 0 saturated heterocycles. The Hall–Kier alpha value is -2.74. The summed E-state index contributed by atoms with van der Waals surface area (Å²) in [5.74, 6) is 0.972. The highest BCUT2D eigenvalue weighted by Crippen LogP contribution is 2.33. The van der Waals surface area contributed by atoms with Gasteiger partial charge in [0.25, 0.3) is 0 Å². The maximum Gasteiger partial charge on any atom is 0.244 e. The van der Waals surface area contributed by atoms with Crippen LogP contribution < -0.4 is 19.1 Å². The van der Waals surface area contributed by atoms with Crippen molar-refractivity contribution in [2.45, 2.75) is 46.2 Å². The molecule has 168 valence electrons. The Morgan fingerprint density at radius 3 is 2.42 bits per heavy atom. The number of hydrogen-bond acceptors (Lipinski definition) is 5. The van der Waals surface area contributed by atoms with Crippen LogP contribution in [0.3, 0.4) is 0 Å². The van der Waals surface area contributed by atoms with Crippen molar-refractivity contribution in [3.05, 3.63) is 53.1 Å². The zero-order valence-corrected chi connectivity index (χ0v) is 19.5. The number of sulfonamides is 1.